The molecule has 0 saturated heterocycles. The van der Waals surface area contributed by atoms with Crippen LogP contribution in [0.1, 0.15) is 46.5 Å². The number of carbonyl (C=O) groups excluding carboxylic acids is 2. The van der Waals surface area contributed by atoms with Crippen LogP contribution in [0.2, 0.25) is 0 Å². The van der Waals surface area contributed by atoms with Gasteiger partial charge in [0.2, 0.25) is 0 Å². The van der Waals surface area contributed by atoms with Crippen LogP contribution in [0.25, 0.3) is 0 Å². The van der Waals surface area contributed by atoms with Crippen molar-refractivity contribution in [2.45, 2.75) is 64.2 Å². The number of aliphatic imine (C=N–C) groups is 1. The van der Waals surface area contributed by atoms with Crippen LogP contribution in [0.4, 0.5) is 0 Å². The van der Waals surface area contributed by atoms with Crippen molar-refractivity contribution in [2.24, 2.45) is 33.6 Å². The van der Waals surface area contributed by atoms with Gasteiger partial charge in [0.1, 0.15) is 12.7 Å². The van der Waals surface area contributed by atoms with Crippen LogP contribution in [-0.2, 0) is 14.3 Å². The molecule has 5 rings (SSSR count). The van der Waals surface area contributed by atoms with E-state index in [1.54, 1.807) is 19.1 Å². The Morgan fingerprint density at radius 3 is 2.86 bits per heavy atom. The quantitative estimate of drug-likeness (QED) is 0.740. The van der Waals surface area contributed by atoms with E-state index in [4.69, 9.17) is 9.73 Å². The highest BCUT2D eigenvalue weighted by atomic mass is 16.5. The number of hydrogen-bond acceptors (Lipinski definition) is 6. The van der Waals surface area contributed by atoms with Gasteiger partial charge in [0.15, 0.2) is 23.0 Å². The number of aliphatic hydroxyl groups is 2. The number of allylic oxidation sites excluding steroid dienone is 4. The highest BCUT2D eigenvalue weighted by Gasteiger charge is 2.74. The molecule has 0 amide bonds. The first-order valence-electron chi connectivity index (χ1n) is 10.7. The number of nitrogens with zero attached hydrogens (tertiary/aromatic N) is 1. The Kier molecular flexibility index (Phi) is 3.89. The summed E-state index contributed by atoms with van der Waals surface area (Å²) in [6.07, 6.45) is 7.20. The van der Waals surface area contributed by atoms with E-state index < -0.39 is 23.7 Å². The molecular formula is C23H29NO5. The van der Waals surface area contributed by atoms with E-state index in [-0.39, 0.29) is 40.8 Å². The zero-order valence-electron chi connectivity index (χ0n) is 17.2. The van der Waals surface area contributed by atoms with Gasteiger partial charge in [0, 0.05) is 23.7 Å². The molecule has 6 heteroatoms. The second-order valence-electron chi connectivity index (χ2n) is 10.0. The minimum absolute atomic E-state index is 0.00453. The third-order valence-corrected chi connectivity index (χ3v) is 8.91. The Morgan fingerprint density at radius 2 is 2.14 bits per heavy atom. The molecule has 2 N–H and O–H groups in total. The highest BCUT2D eigenvalue weighted by Crippen LogP contribution is 2.69. The van der Waals surface area contributed by atoms with Crippen LogP contribution in [0, 0.1) is 28.6 Å². The normalized spacial score (nSPS) is 50.0. The molecular weight excluding hydrogens is 370 g/mol. The van der Waals surface area contributed by atoms with Crippen molar-refractivity contribution in [1.82, 2.24) is 0 Å². The maximum Gasteiger partial charge on any atom is 0.190 e. The van der Waals surface area contributed by atoms with Crippen LogP contribution < -0.4 is 0 Å². The van der Waals surface area contributed by atoms with Gasteiger partial charge >= 0.3 is 0 Å². The van der Waals surface area contributed by atoms with Gasteiger partial charge in [0.25, 0.3) is 0 Å². The molecule has 4 aliphatic carbocycles. The number of ketones is 2. The molecule has 3 fully saturated rings. The first-order valence-corrected chi connectivity index (χ1v) is 10.7. The summed E-state index contributed by atoms with van der Waals surface area (Å²) < 4.78 is 6.00. The lowest BCUT2D eigenvalue weighted by molar-refractivity contribution is -0.146. The van der Waals surface area contributed by atoms with Crippen LogP contribution in [0.15, 0.2) is 28.8 Å². The molecule has 1 heterocycles. The zero-order valence-corrected chi connectivity index (χ0v) is 17.2. The number of ether oxygens (including phenoxy) is 1. The summed E-state index contributed by atoms with van der Waals surface area (Å²) in [6, 6.07) is 0. The molecule has 8 atom stereocenters. The molecule has 3 saturated carbocycles. The summed E-state index contributed by atoms with van der Waals surface area (Å²) in [5.41, 5.74) is -0.915. The molecule has 0 aromatic rings. The average Bonchev–Trinajstić information content (AvgIpc) is 3.12. The smallest absolute Gasteiger partial charge is 0.190 e. The maximum absolute atomic E-state index is 13.0. The molecule has 4 unspecified atom stereocenters. The van der Waals surface area contributed by atoms with Crippen LogP contribution in [-0.4, -0.2) is 52.0 Å². The minimum atomic E-state index is -1.11. The predicted octanol–water partition coefficient (Wildman–Crippen LogP) is 1.99. The zero-order chi connectivity index (χ0) is 20.8. The molecule has 0 aromatic carbocycles. The SMILES string of the molecule is CC1=NC2(C(=O)CO)[C@@H](CC3C4CCC5=CC(=O)C=C[C@]5(C)C4[C@@H](O)C[C@@]32C)O1. The Labute approximate surface area is 170 Å². The molecule has 0 radical (unpaired) electrons. The third-order valence-electron chi connectivity index (χ3n) is 8.91. The van der Waals surface area contributed by atoms with Gasteiger partial charge in [-0.15, -0.1) is 0 Å². The fraction of sp³-hybridized carbons (Fsp3) is 0.696. The largest absolute Gasteiger partial charge is 0.475 e. The molecule has 1 aliphatic heterocycles. The summed E-state index contributed by atoms with van der Waals surface area (Å²) >= 11 is 0. The van der Waals surface area contributed by atoms with Gasteiger partial charge in [0.05, 0.1) is 6.10 Å². The van der Waals surface area contributed by atoms with Crippen molar-refractivity contribution in [3.63, 3.8) is 0 Å². The molecule has 6 nitrogen and oxygen atoms in total. The van der Waals surface area contributed by atoms with E-state index in [1.165, 1.54) is 0 Å². The van der Waals surface area contributed by atoms with Gasteiger partial charge in [-0.2, -0.15) is 0 Å². The Morgan fingerprint density at radius 1 is 1.38 bits per heavy atom. The number of rotatable bonds is 2. The lowest BCUT2D eigenvalue weighted by Gasteiger charge is -2.59. The Balaban J connectivity index is 1.61. The van der Waals surface area contributed by atoms with Crippen LogP contribution >= 0.6 is 0 Å². The Hall–Kier alpha value is -1.79. The fourth-order valence-corrected chi connectivity index (χ4v) is 7.81. The van der Waals surface area contributed by atoms with Gasteiger partial charge in [-0.3, -0.25) is 9.59 Å². The monoisotopic (exact) mass is 399 g/mol. The summed E-state index contributed by atoms with van der Waals surface area (Å²) in [7, 11) is 0. The van der Waals surface area contributed by atoms with Crippen LogP contribution in [0.5, 0.6) is 0 Å². The fourth-order valence-electron chi connectivity index (χ4n) is 7.81. The average molecular weight is 399 g/mol. The number of Topliss-reactive ketones (excluding diaryl/α,β-unsaturated/α-hetero) is 1. The van der Waals surface area contributed by atoms with E-state index in [1.807, 2.05) is 6.08 Å². The number of fused-ring (bicyclic) bond motifs is 7. The number of hydrogen-bond donors (Lipinski definition) is 2. The summed E-state index contributed by atoms with van der Waals surface area (Å²) in [6.45, 7) is 5.38. The first kappa shape index (κ1) is 19.2. The predicted molar refractivity (Wildman–Crippen MR) is 106 cm³/mol. The van der Waals surface area contributed by atoms with Crippen molar-refractivity contribution in [2.75, 3.05) is 6.61 Å². The van der Waals surface area contributed by atoms with Crippen molar-refractivity contribution >= 4 is 17.5 Å². The van der Waals surface area contributed by atoms with Crippen molar-refractivity contribution in [1.29, 1.82) is 0 Å². The van der Waals surface area contributed by atoms with Gasteiger partial charge < -0.3 is 14.9 Å². The van der Waals surface area contributed by atoms with Crippen LogP contribution in [0.3, 0.4) is 0 Å². The highest BCUT2D eigenvalue weighted by molar-refractivity contribution is 6.01. The third kappa shape index (κ3) is 2.17. The van der Waals surface area contributed by atoms with Gasteiger partial charge in [-0.05, 0) is 49.7 Å². The number of carbonyl (C=O) groups is 2. The molecule has 0 aromatic heterocycles. The second kappa shape index (κ2) is 5.88. The topological polar surface area (TPSA) is 96.2 Å². The summed E-state index contributed by atoms with van der Waals surface area (Å²) in [5, 5.41) is 21.2. The molecule has 156 valence electrons. The lowest BCUT2D eigenvalue weighted by atomic mass is 9.46. The molecule has 29 heavy (non-hydrogen) atoms. The van der Waals surface area contributed by atoms with E-state index in [0.717, 1.165) is 18.4 Å². The lowest BCUT2D eigenvalue weighted by Crippen LogP contribution is -2.62. The summed E-state index contributed by atoms with van der Waals surface area (Å²) in [4.78, 5) is 29.7. The maximum atomic E-state index is 13.0. The van der Waals surface area contributed by atoms with Crippen molar-refractivity contribution < 1.29 is 24.5 Å². The van der Waals surface area contributed by atoms with Crippen molar-refractivity contribution in [3.8, 4) is 0 Å². The number of aliphatic hydroxyl groups excluding tert-OH is 2. The second-order valence-corrected chi connectivity index (χ2v) is 10.0. The van der Waals surface area contributed by atoms with E-state index in [0.29, 0.717) is 18.7 Å². The minimum Gasteiger partial charge on any atom is -0.475 e. The Bertz CT molecular complexity index is 890. The van der Waals surface area contributed by atoms with Gasteiger partial charge in [-0.1, -0.05) is 25.5 Å². The van der Waals surface area contributed by atoms with Crippen molar-refractivity contribution in [3.05, 3.63) is 23.8 Å². The molecule has 5 aliphatic rings. The summed E-state index contributed by atoms with van der Waals surface area (Å²) in [5.74, 6) is 0.570. The van der Waals surface area contributed by atoms with Gasteiger partial charge in [-0.25, -0.2) is 4.99 Å². The van der Waals surface area contributed by atoms with E-state index >= 15 is 0 Å². The van der Waals surface area contributed by atoms with E-state index in [2.05, 4.69) is 13.8 Å². The van der Waals surface area contributed by atoms with E-state index in [9.17, 15) is 19.8 Å². The molecule has 0 spiro atoms. The molecule has 0 bridgehead atoms. The standard InChI is InChI=1S/C23H29NO5/c1-12-24-23(18(28)11-25)19(29-12)9-16-15-5-4-13-8-14(26)6-7-21(13,2)20(15)17(27)10-22(16,23)3/h6-8,15-17,19-20,25,27H,4-5,9-11H2,1-3H3/t15?,16?,17-,19+,20?,21-,22-,23?/m0/s1. The first-order chi connectivity index (χ1) is 13.7.